The van der Waals surface area contributed by atoms with Crippen LogP contribution in [0.4, 0.5) is 26.3 Å². The first-order chi connectivity index (χ1) is 20.9. The lowest BCUT2D eigenvalue weighted by atomic mass is 9.98. The first-order valence-electron chi connectivity index (χ1n) is 13.8. The number of aromatic amines is 1. The monoisotopic (exact) mass is 617 g/mol. The lowest BCUT2D eigenvalue weighted by Gasteiger charge is -2.41. The van der Waals surface area contributed by atoms with Gasteiger partial charge >= 0.3 is 12.4 Å². The number of rotatable bonds is 8. The van der Waals surface area contributed by atoms with Crippen LogP contribution in [0, 0.1) is 0 Å². The number of aromatic nitrogens is 2. The lowest BCUT2D eigenvalue weighted by Crippen LogP contribution is -2.56. The fraction of sp³-hybridized carbons (Fsp3) is 0.323. The summed E-state index contributed by atoms with van der Waals surface area (Å²) in [5, 5.41) is 5.07. The number of pyridine rings is 1. The Bertz CT molecular complexity index is 1600. The van der Waals surface area contributed by atoms with E-state index < -0.39 is 41.0 Å². The summed E-state index contributed by atoms with van der Waals surface area (Å²) in [6.45, 7) is 3.08. The molecule has 0 aliphatic carbocycles. The number of carbonyl (C=O) groups excluding carboxylic acids is 1. The number of oxime groups is 1. The number of benzene rings is 2. The van der Waals surface area contributed by atoms with Crippen molar-refractivity contribution in [1.29, 1.82) is 0 Å². The average Bonchev–Trinajstić information content (AvgIpc) is 3.39. The minimum atomic E-state index is -5.06. The van der Waals surface area contributed by atoms with E-state index in [0.717, 1.165) is 16.5 Å². The van der Waals surface area contributed by atoms with Crippen molar-refractivity contribution in [3.63, 3.8) is 0 Å². The molecule has 1 aliphatic heterocycles. The van der Waals surface area contributed by atoms with E-state index in [0.29, 0.717) is 49.6 Å². The molecule has 2 aromatic heterocycles. The van der Waals surface area contributed by atoms with Gasteiger partial charge in [-0.2, -0.15) is 26.3 Å². The number of nitrogens with zero attached hydrogens (tertiary/aromatic N) is 4. The molecule has 7 nitrogen and oxygen atoms in total. The largest absolute Gasteiger partial charge is 0.416 e. The predicted molar refractivity (Wildman–Crippen MR) is 152 cm³/mol. The zero-order valence-electron chi connectivity index (χ0n) is 23.6. The van der Waals surface area contributed by atoms with E-state index in [9.17, 15) is 31.1 Å². The van der Waals surface area contributed by atoms with Gasteiger partial charge in [-0.05, 0) is 55.3 Å². The molecule has 0 spiro atoms. The normalized spacial score (nSPS) is 16.8. The van der Waals surface area contributed by atoms with Crippen molar-refractivity contribution in [3.8, 4) is 0 Å². The Morgan fingerprint density at radius 3 is 2.39 bits per heavy atom. The Morgan fingerprint density at radius 2 is 1.70 bits per heavy atom. The van der Waals surface area contributed by atoms with Crippen molar-refractivity contribution in [1.82, 2.24) is 19.8 Å². The number of carbonyl (C=O) groups is 1. The van der Waals surface area contributed by atoms with Crippen LogP contribution in [0.3, 0.4) is 0 Å². The third kappa shape index (κ3) is 7.39. The third-order valence-electron chi connectivity index (χ3n) is 7.40. The number of amides is 1. The second-order valence-corrected chi connectivity index (χ2v) is 10.7. The highest BCUT2D eigenvalue weighted by Crippen LogP contribution is 2.37. The van der Waals surface area contributed by atoms with Crippen LogP contribution in [0.15, 0.2) is 78.2 Å². The first kappa shape index (κ1) is 31.0. The fourth-order valence-electron chi connectivity index (χ4n) is 5.35. The molecule has 1 N–H and O–H groups in total. The summed E-state index contributed by atoms with van der Waals surface area (Å²) in [4.78, 5) is 29.9. The maximum atomic E-state index is 13.7. The number of nitrogens with one attached hydrogen (secondary N) is 1. The van der Waals surface area contributed by atoms with Gasteiger partial charge in [-0.1, -0.05) is 29.4 Å². The van der Waals surface area contributed by atoms with Crippen LogP contribution in [0.5, 0.6) is 0 Å². The van der Waals surface area contributed by atoms with E-state index in [1.54, 1.807) is 31.5 Å². The minimum absolute atomic E-state index is 0.0240. The summed E-state index contributed by atoms with van der Waals surface area (Å²) in [5.41, 5.74) is -0.620. The van der Waals surface area contributed by atoms with Gasteiger partial charge < -0.3 is 14.7 Å². The van der Waals surface area contributed by atoms with E-state index >= 15 is 0 Å². The van der Waals surface area contributed by atoms with Gasteiger partial charge in [0.2, 0.25) is 0 Å². The van der Waals surface area contributed by atoms with Crippen LogP contribution >= 0.6 is 0 Å². The van der Waals surface area contributed by atoms with E-state index in [2.05, 4.69) is 15.1 Å². The summed E-state index contributed by atoms with van der Waals surface area (Å²) < 4.78 is 81.3. The van der Waals surface area contributed by atoms with Crippen LogP contribution in [-0.2, 0) is 30.2 Å². The molecule has 0 radical (unpaired) electrons. The molecular formula is C31H29F6N5O2. The fourth-order valence-corrected chi connectivity index (χ4v) is 5.35. The smallest absolute Gasteiger partial charge is 0.389 e. The molecule has 13 heteroatoms. The minimum Gasteiger partial charge on any atom is -0.389 e. The molecule has 1 amide bonds. The zero-order chi connectivity index (χ0) is 31.5. The van der Waals surface area contributed by atoms with Gasteiger partial charge in [-0.25, -0.2) is 0 Å². The Balaban J connectivity index is 1.39. The SMILES string of the molecule is CC(CN1CCN(C(=O)c2cc(C(F)(F)F)cc(C(F)(F)F)c2)[C@H](Cc2c[nH]c3ccccc23)C1)=NOCc1ccccn1. The Hall–Kier alpha value is -4.39. The van der Waals surface area contributed by atoms with Crippen LogP contribution in [0.25, 0.3) is 10.9 Å². The number of hydrogen-bond donors (Lipinski definition) is 1. The van der Waals surface area contributed by atoms with E-state index in [4.69, 9.17) is 4.84 Å². The standard InChI is InChI=1S/C31H29F6N5O2/c1-20(40-44-19-25-6-4-5-9-38-25)17-41-10-11-42(26(18-41)14-22-16-39-28-8-3-2-7-27(22)28)29(43)21-12-23(30(32,33)34)15-24(13-21)31(35,36)37/h2-9,12-13,15-16,26,39H,10-11,14,17-19H2,1H3/t26-/m1/s1. The molecule has 0 saturated carbocycles. The predicted octanol–water partition coefficient (Wildman–Crippen LogP) is 6.56. The topological polar surface area (TPSA) is 73.8 Å². The number of halogens is 6. The maximum Gasteiger partial charge on any atom is 0.416 e. The average molecular weight is 618 g/mol. The maximum absolute atomic E-state index is 13.7. The summed E-state index contributed by atoms with van der Waals surface area (Å²) in [6.07, 6.45) is -6.35. The van der Waals surface area contributed by atoms with Crippen molar-refractivity contribution in [2.24, 2.45) is 5.16 Å². The summed E-state index contributed by atoms with van der Waals surface area (Å²) >= 11 is 0. The van der Waals surface area contributed by atoms with Crippen molar-refractivity contribution in [2.45, 2.75) is 38.3 Å². The van der Waals surface area contributed by atoms with Gasteiger partial charge in [0.1, 0.15) is 0 Å². The highest BCUT2D eigenvalue weighted by Gasteiger charge is 2.39. The molecule has 1 saturated heterocycles. The molecule has 5 rings (SSSR count). The Morgan fingerprint density at radius 1 is 1.00 bits per heavy atom. The number of hydrogen-bond acceptors (Lipinski definition) is 5. The number of alkyl halides is 6. The van der Waals surface area contributed by atoms with Gasteiger partial charge in [0, 0.05) is 61.1 Å². The van der Waals surface area contributed by atoms with E-state index in [1.807, 2.05) is 35.2 Å². The molecule has 1 aliphatic rings. The molecule has 3 heterocycles. The summed E-state index contributed by atoms with van der Waals surface area (Å²) in [7, 11) is 0. The molecular weight excluding hydrogens is 588 g/mol. The number of para-hydroxylation sites is 1. The molecule has 1 fully saturated rings. The van der Waals surface area contributed by atoms with Crippen molar-refractivity contribution < 1.29 is 36.0 Å². The molecule has 44 heavy (non-hydrogen) atoms. The van der Waals surface area contributed by atoms with Crippen LogP contribution in [0.1, 0.15) is 39.7 Å². The molecule has 2 aromatic carbocycles. The molecule has 0 bridgehead atoms. The highest BCUT2D eigenvalue weighted by molar-refractivity contribution is 5.95. The van der Waals surface area contributed by atoms with Crippen LogP contribution in [-0.4, -0.2) is 63.6 Å². The zero-order valence-corrected chi connectivity index (χ0v) is 23.6. The van der Waals surface area contributed by atoms with Gasteiger partial charge in [0.15, 0.2) is 6.61 Å². The van der Waals surface area contributed by atoms with Crippen molar-refractivity contribution >= 4 is 22.5 Å². The van der Waals surface area contributed by atoms with E-state index in [1.165, 1.54) is 4.90 Å². The quantitative estimate of drug-likeness (QED) is 0.138. The lowest BCUT2D eigenvalue weighted by molar-refractivity contribution is -0.143. The molecule has 232 valence electrons. The van der Waals surface area contributed by atoms with Gasteiger partial charge in [0.05, 0.1) is 22.5 Å². The highest BCUT2D eigenvalue weighted by atomic mass is 19.4. The molecule has 0 unspecified atom stereocenters. The summed E-state index contributed by atoms with van der Waals surface area (Å²) in [6, 6.07) is 13.4. The van der Waals surface area contributed by atoms with E-state index in [-0.39, 0.29) is 19.2 Å². The van der Waals surface area contributed by atoms with Gasteiger partial charge in [-0.3, -0.25) is 14.7 Å². The second kappa shape index (κ2) is 12.7. The molecule has 4 aromatic rings. The summed E-state index contributed by atoms with van der Waals surface area (Å²) in [5.74, 6) is -0.893. The van der Waals surface area contributed by atoms with Crippen LogP contribution in [0.2, 0.25) is 0 Å². The van der Waals surface area contributed by atoms with Crippen molar-refractivity contribution in [3.05, 3.63) is 101 Å². The van der Waals surface area contributed by atoms with Gasteiger partial charge in [0.25, 0.3) is 5.91 Å². The van der Waals surface area contributed by atoms with Crippen LogP contribution < -0.4 is 0 Å². The second-order valence-electron chi connectivity index (χ2n) is 10.7. The Labute approximate surface area is 249 Å². The first-order valence-corrected chi connectivity index (χ1v) is 13.8. The molecule has 1 atom stereocenters. The number of piperazine rings is 1. The number of fused-ring (bicyclic) bond motifs is 1. The van der Waals surface area contributed by atoms with Gasteiger partial charge in [-0.15, -0.1) is 0 Å². The Kier molecular flexibility index (Phi) is 8.95. The number of H-pyrrole nitrogens is 1. The third-order valence-corrected chi connectivity index (χ3v) is 7.40. The van der Waals surface area contributed by atoms with Crippen molar-refractivity contribution in [2.75, 3.05) is 26.2 Å².